The van der Waals surface area contributed by atoms with Crippen LogP contribution in [0.4, 0.5) is 0 Å². The molecule has 3 nitrogen and oxygen atoms in total. The SMILES string of the molecule is CCC(Cl)c1nc2ccccc2c(=O)n1CC1(C)CC1. The highest BCUT2D eigenvalue weighted by Crippen LogP contribution is 2.46. The molecule has 106 valence electrons. The van der Waals surface area contributed by atoms with Gasteiger partial charge in [-0.3, -0.25) is 9.36 Å². The smallest absolute Gasteiger partial charge is 0.261 e. The summed E-state index contributed by atoms with van der Waals surface area (Å²) in [4.78, 5) is 17.4. The molecule has 1 aromatic carbocycles. The Kier molecular flexibility index (Phi) is 3.33. The van der Waals surface area contributed by atoms with Gasteiger partial charge in [0, 0.05) is 6.54 Å². The largest absolute Gasteiger partial charge is 0.294 e. The third-order valence-corrected chi connectivity index (χ3v) is 4.68. The molecule has 0 radical (unpaired) electrons. The van der Waals surface area contributed by atoms with E-state index in [1.54, 1.807) is 4.57 Å². The van der Waals surface area contributed by atoms with Crippen LogP contribution in [-0.2, 0) is 6.54 Å². The molecule has 0 aliphatic heterocycles. The summed E-state index contributed by atoms with van der Waals surface area (Å²) in [5, 5.41) is 0.468. The molecule has 1 fully saturated rings. The van der Waals surface area contributed by atoms with E-state index < -0.39 is 0 Å². The van der Waals surface area contributed by atoms with Crippen molar-refractivity contribution in [1.82, 2.24) is 9.55 Å². The first-order valence-corrected chi connectivity index (χ1v) is 7.61. The van der Waals surface area contributed by atoms with Crippen molar-refractivity contribution in [2.45, 2.75) is 45.0 Å². The van der Waals surface area contributed by atoms with Gasteiger partial charge in [0.05, 0.1) is 16.3 Å². The van der Waals surface area contributed by atoms with Crippen molar-refractivity contribution in [3.8, 4) is 0 Å². The summed E-state index contributed by atoms with van der Waals surface area (Å²) in [6.45, 7) is 4.96. The molecule has 0 bridgehead atoms. The summed E-state index contributed by atoms with van der Waals surface area (Å²) in [6.07, 6.45) is 3.11. The second-order valence-corrected chi connectivity index (χ2v) is 6.59. The van der Waals surface area contributed by atoms with Crippen LogP contribution >= 0.6 is 11.6 Å². The van der Waals surface area contributed by atoms with Gasteiger partial charge in [-0.25, -0.2) is 4.98 Å². The first kappa shape index (κ1) is 13.6. The predicted molar refractivity (Wildman–Crippen MR) is 82.2 cm³/mol. The molecule has 4 heteroatoms. The summed E-state index contributed by atoms with van der Waals surface area (Å²) in [5.74, 6) is 0.714. The molecule has 0 spiro atoms. The number of fused-ring (bicyclic) bond motifs is 1. The molecule has 1 atom stereocenters. The maximum absolute atomic E-state index is 12.7. The maximum atomic E-state index is 12.7. The lowest BCUT2D eigenvalue weighted by molar-refractivity contribution is 0.437. The average molecular weight is 291 g/mol. The number of halogens is 1. The van der Waals surface area contributed by atoms with Gasteiger partial charge in [-0.15, -0.1) is 11.6 Å². The van der Waals surface area contributed by atoms with Gasteiger partial charge < -0.3 is 0 Å². The molecule has 0 saturated heterocycles. The summed E-state index contributed by atoms with van der Waals surface area (Å²) in [7, 11) is 0. The molecule has 0 N–H and O–H groups in total. The molecule has 20 heavy (non-hydrogen) atoms. The van der Waals surface area contributed by atoms with E-state index >= 15 is 0 Å². The van der Waals surface area contributed by atoms with Gasteiger partial charge in [0.15, 0.2) is 0 Å². The van der Waals surface area contributed by atoms with Gasteiger partial charge in [0.1, 0.15) is 5.82 Å². The second-order valence-electron chi connectivity index (χ2n) is 6.06. The average Bonchev–Trinajstić information content (AvgIpc) is 3.19. The molecule has 1 unspecified atom stereocenters. The van der Waals surface area contributed by atoms with Crippen LogP contribution in [0.15, 0.2) is 29.1 Å². The molecule has 0 amide bonds. The summed E-state index contributed by atoms with van der Waals surface area (Å²) >= 11 is 6.40. The van der Waals surface area contributed by atoms with Crippen molar-refractivity contribution in [2.24, 2.45) is 5.41 Å². The van der Waals surface area contributed by atoms with Crippen LogP contribution < -0.4 is 5.56 Å². The highest BCUT2D eigenvalue weighted by molar-refractivity contribution is 6.20. The number of benzene rings is 1. The summed E-state index contributed by atoms with van der Waals surface area (Å²) < 4.78 is 1.80. The van der Waals surface area contributed by atoms with Crippen LogP contribution in [0, 0.1) is 5.41 Å². The Morgan fingerprint density at radius 3 is 2.75 bits per heavy atom. The van der Waals surface area contributed by atoms with Gasteiger partial charge in [0.2, 0.25) is 0 Å². The van der Waals surface area contributed by atoms with Crippen LogP contribution in [0.5, 0.6) is 0 Å². The van der Waals surface area contributed by atoms with Crippen LogP contribution in [-0.4, -0.2) is 9.55 Å². The third-order valence-electron chi connectivity index (χ3n) is 4.17. The third kappa shape index (κ3) is 2.35. The normalized spacial score (nSPS) is 18.1. The lowest BCUT2D eigenvalue weighted by atomic mass is 10.1. The van der Waals surface area contributed by atoms with E-state index in [2.05, 4.69) is 11.9 Å². The Morgan fingerprint density at radius 2 is 2.10 bits per heavy atom. The molecule has 2 aromatic rings. The first-order chi connectivity index (χ1) is 9.54. The molecule has 1 aliphatic rings. The van der Waals surface area contributed by atoms with Crippen molar-refractivity contribution < 1.29 is 0 Å². The van der Waals surface area contributed by atoms with Crippen molar-refractivity contribution >= 4 is 22.5 Å². The molecular formula is C16H19ClN2O. The minimum atomic E-state index is -0.213. The number of nitrogens with zero attached hydrogens (tertiary/aromatic N) is 2. The zero-order valence-electron chi connectivity index (χ0n) is 11.9. The Hall–Kier alpha value is -1.35. The van der Waals surface area contributed by atoms with Crippen LogP contribution in [0.25, 0.3) is 10.9 Å². The number of aromatic nitrogens is 2. The number of para-hydroxylation sites is 1. The molecule has 1 aliphatic carbocycles. The van der Waals surface area contributed by atoms with Crippen molar-refractivity contribution in [3.63, 3.8) is 0 Å². The number of hydrogen-bond donors (Lipinski definition) is 0. The topological polar surface area (TPSA) is 34.9 Å². The standard InChI is InChI=1S/C16H19ClN2O/c1-3-12(17)14-18-13-7-5-4-6-11(13)15(20)19(14)10-16(2)8-9-16/h4-7,12H,3,8-10H2,1-2H3. The zero-order valence-corrected chi connectivity index (χ0v) is 12.7. The number of alkyl halides is 1. The highest BCUT2D eigenvalue weighted by Gasteiger charge is 2.38. The number of rotatable bonds is 4. The maximum Gasteiger partial charge on any atom is 0.261 e. The van der Waals surface area contributed by atoms with Crippen molar-refractivity contribution in [1.29, 1.82) is 0 Å². The van der Waals surface area contributed by atoms with Gasteiger partial charge in [-0.1, -0.05) is 26.0 Å². The quantitative estimate of drug-likeness (QED) is 0.801. The van der Waals surface area contributed by atoms with E-state index in [1.807, 2.05) is 31.2 Å². The lowest BCUT2D eigenvalue weighted by Gasteiger charge is -2.19. The zero-order chi connectivity index (χ0) is 14.3. The number of hydrogen-bond acceptors (Lipinski definition) is 2. The minimum absolute atomic E-state index is 0.0397. The predicted octanol–water partition coefficient (Wildman–Crippen LogP) is 3.89. The van der Waals surface area contributed by atoms with Gasteiger partial charge in [-0.05, 0) is 36.8 Å². The Balaban J connectivity index is 2.22. The van der Waals surface area contributed by atoms with E-state index in [0.717, 1.165) is 18.5 Å². The van der Waals surface area contributed by atoms with E-state index in [4.69, 9.17) is 11.6 Å². The highest BCUT2D eigenvalue weighted by atomic mass is 35.5. The first-order valence-electron chi connectivity index (χ1n) is 7.18. The molecular weight excluding hydrogens is 272 g/mol. The summed E-state index contributed by atoms with van der Waals surface area (Å²) in [6, 6.07) is 7.50. The van der Waals surface area contributed by atoms with Gasteiger partial charge in [0.25, 0.3) is 5.56 Å². The fourth-order valence-corrected chi connectivity index (χ4v) is 2.68. The molecule has 3 rings (SSSR count). The fourth-order valence-electron chi connectivity index (χ4n) is 2.51. The fraction of sp³-hybridized carbons (Fsp3) is 0.500. The van der Waals surface area contributed by atoms with Crippen molar-refractivity contribution in [3.05, 3.63) is 40.4 Å². The lowest BCUT2D eigenvalue weighted by Crippen LogP contribution is -2.29. The monoisotopic (exact) mass is 290 g/mol. The van der Waals surface area contributed by atoms with Gasteiger partial charge in [-0.2, -0.15) is 0 Å². The van der Waals surface area contributed by atoms with Crippen LogP contribution in [0.2, 0.25) is 0 Å². The van der Waals surface area contributed by atoms with Gasteiger partial charge >= 0.3 is 0 Å². The van der Waals surface area contributed by atoms with Crippen LogP contribution in [0.3, 0.4) is 0 Å². The van der Waals surface area contributed by atoms with Crippen LogP contribution in [0.1, 0.15) is 44.3 Å². The Bertz CT molecular complexity index is 703. The second kappa shape index (κ2) is 4.88. The van der Waals surface area contributed by atoms with Crippen molar-refractivity contribution in [2.75, 3.05) is 0 Å². The molecule has 1 saturated carbocycles. The van der Waals surface area contributed by atoms with E-state index in [1.165, 1.54) is 12.8 Å². The Morgan fingerprint density at radius 1 is 1.40 bits per heavy atom. The minimum Gasteiger partial charge on any atom is -0.294 e. The molecule has 1 aromatic heterocycles. The van der Waals surface area contributed by atoms with E-state index in [9.17, 15) is 4.79 Å². The molecule has 1 heterocycles. The Labute approximate surface area is 123 Å². The van der Waals surface area contributed by atoms with E-state index in [-0.39, 0.29) is 16.4 Å². The van der Waals surface area contributed by atoms with E-state index in [0.29, 0.717) is 11.2 Å². The summed E-state index contributed by atoms with van der Waals surface area (Å²) in [5.41, 5.74) is 1.02.